The van der Waals surface area contributed by atoms with Crippen molar-refractivity contribution in [1.82, 2.24) is 24.6 Å². The number of carbonyl (C=O) groups is 1. The lowest BCUT2D eigenvalue weighted by atomic mass is 10.1. The summed E-state index contributed by atoms with van der Waals surface area (Å²) >= 11 is 0. The zero-order valence-electron chi connectivity index (χ0n) is 17.1. The molecule has 0 bridgehead atoms. The summed E-state index contributed by atoms with van der Waals surface area (Å²) in [6, 6.07) is 18.5. The number of aromatic amines is 1. The van der Waals surface area contributed by atoms with Crippen LogP contribution in [0.25, 0.3) is 10.9 Å². The van der Waals surface area contributed by atoms with Gasteiger partial charge in [0.15, 0.2) is 0 Å². The molecule has 0 saturated carbocycles. The van der Waals surface area contributed by atoms with E-state index in [0.717, 1.165) is 53.2 Å². The molecule has 0 saturated heterocycles. The van der Waals surface area contributed by atoms with Gasteiger partial charge < -0.3 is 14.5 Å². The van der Waals surface area contributed by atoms with Crippen LogP contribution in [0.5, 0.6) is 0 Å². The highest BCUT2D eigenvalue weighted by Crippen LogP contribution is 2.23. The van der Waals surface area contributed by atoms with Gasteiger partial charge in [-0.25, -0.2) is 0 Å². The van der Waals surface area contributed by atoms with Gasteiger partial charge >= 0.3 is 0 Å². The first-order chi connectivity index (χ1) is 14.7. The Bertz CT molecular complexity index is 1190. The van der Waals surface area contributed by atoms with E-state index in [1.807, 2.05) is 42.2 Å². The number of aryl methyl sites for hydroxylation is 1. The lowest BCUT2D eigenvalue weighted by Gasteiger charge is -2.20. The molecule has 2 aromatic carbocycles. The van der Waals surface area contributed by atoms with Crippen LogP contribution >= 0.6 is 0 Å². The molecule has 0 atom stereocenters. The highest BCUT2D eigenvalue weighted by atomic mass is 16.2. The number of nitrogens with one attached hydrogen (secondary N) is 1. The summed E-state index contributed by atoms with van der Waals surface area (Å²) in [4.78, 5) is 18.5. The molecule has 6 nitrogen and oxygen atoms in total. The van der Waals surface area contributed by atoms with E-state index in [1.54, 1.807) is 0 Å². The Hall–Kier alpha value is -3.41. The Kier molecular flexibility index (Phi) is 4.83. The van der Waals surface area contributed by atoms with Crippen LogP contribution in [-0.2, 0) is 30.6 Å². The van der Waals surface area contributed by atoms with Crippen molar-refractivity contribution in [2.24, 2.45) is 0 Å². The van der Waals surface area contributed by atoms with E-state index in [1.165, 1.54) is 5.56 Å². The van der Waals surface area contributed by atoms with Gasteiger partial charge in [-0.15, -0.1) is 10.2 Å². The number of nitrogens with zero attached hydrogens (tertiary/aromatic N) is 4. The maximum atomic E-state index is 13.1. The van der Waals surface area contributed by atoms with Gasteiger partial charge in [0, 0.05) is 49.1 Å². The summed E-state index contributed by atoms with van der Waals surface area (Å²) in [7, 11) is 0. The number of hydrogen-bond donors (Lipinski definition) is 1. The summed E-state index contributed by atoms with van der Waals surface area (Å²) < 4.78 is 2.19. The average molecular weight is 399 g/mol. The highest BCUT2D eigenvalue weighted by Gasteiger charge is 2.23. The summed E-state index contributed by atoms with van der Waals surface area (Å²) in [5.74, 6) is 2.11. The van der Waals surface area contributed by atoms with Gasteiger partial charge in [-0.05, 0) is 24.1 Å². The largest absolute Gasteiger partial charge is 0.358 e. The average Bonchev–Trinajstić information content (AvgIpc) is 3.20. The first-order valence-electron chi connectivity index (χ1n) is 10.5. The number of fused-ring (bicyclic) bond motifs is 2. The van der Waals surface area contributed by atoms with Crippen molar-refractivity contribution >= 4 is 16.8 Å². The molecule has 1 aliphatic heterocycles. The minimum atomic E-state index is 0.172. The fourth-order valence-electron chi connectivity index (χ4n) is 4.37. The molecule has 0 fully saturated rings. The van der Waals surface area contributed by atoms with E-state index in [4.69, 9.17) is 0 Å². The lowest BCUT2D eigenvalue weighted by molar-refractivity contribution is -0.130. The number of H-pyrrole nitrogens is 1. The van der Waals surface area contributed by atoms with E-state index in [-0.39, 0.29) is 5.91 Å². The third-order valence-corrected chi connectivity index (χ3v) is 6.02. The molecule has 1 aliphatic rings. The SMILES string of the molecule is Cc1[nH]c2ccccc2c1CC(=O)N1CCc2nnc(Cc3ccccc3)n2CC1. The van der Waals surface area contributed by atoms with Crippen molar-refractivity contribution < 1.29 is 4.79 Å². The summed E-state index contributed by atoms with van der Waals surface area (Å²) in [6.45, 7) is 4.15. The number of aromatic nitrogens is 4. The Balaban J connectivity index is 1.30. The molecule has 1 N–H and O–H groups in total. The molecule has 6 heteroatoms. The van der Waals surface area contributed by atoms with Gasteiger partial charge in [0.25, 0.3) is 0 Å². The second-order valence-electron chi connectivity index (χ2n) is 7.93. The van der Waals surface area contributed by atoms with Gasteiger partial charge in [-0.2, -0.15) is 0 Å². The van der Waals surface area contributed by atoms with Gasteiger partial charge in [0.1, 0.15) is 11.6 Å². The van der Waals surface area contributed by atoms with Gasteiger partial charge in [0.05, 0.1) is 6.42 Å². The molecule has 0 unspecified atom stereocenters. The van der Waals surface area contributed by atoms with E-state index < -0.39 is 0 Å². The van der Waals surface area contributed by atoms with Crippen LogP contribution in [0, 0.1) is 6.92 Å². The van der Waals surface area contributed by atoms with E-state index in [9.17, 15) is 4.79 Å². The lowest BCUT2D eigenvalue weighted by Crippen LogP contribution is -2.35. The maximum Gasteiger partial charge on any atom is 0.227 e. The number of carbonyl (C=O) groups excluding carboxylic acids is 1. The molecule has 30 heavy (non-hydrogen) atoms. The molecular weight excluding hydrogens is 374 g/mol. The zero-order valence-corrected chi connectivity index (χ0v) is 17.1. The van der Waals surface area contributed by atoms with E-state index in [0.29, 0.717) is 19.5 Å². The third-order valence-electron chi connectivity index (χ3n) is 6.02. The zero-order chi connectivity index (χ0) is 20.5. The monoisotopic (exact) mass is 399 g/mol. The van der Waals surface area contributed by atoms with Crippen LogP contribution in [0.1, 0.15) is 28.5 Å². The highest BCUT2D eigenvalue weighted by molar-refractivity contribution is 5.90. The van der Waals surface area contributed by atoms with Crippen molar-refractivity contribution in [3.05, 3.63) is 83.1 Å². The van der Waals surface area contributed by atoms with Crippen molar-refractivity contribution in [3.63, 3.8) is 0 Å². The predicted octanol–water partition coefficient (Wildman–Crippen LogP) is 3.29. The van der Waals surface area contributed by atoms with Crippen LogP contribution in [0.15, 0.2) is 54.6 Å². The smallest absolute Gasteiger partial charge is 0.227 e. The molecule has 152 valence electrons. The summed E-state index contributed by atoms with van der Waals surface area (Å²) in [5.41, 5.74) is 4.48. The molecule has 0 spiro atoms. The van der Waals surface area contributed by atoms with E-state index in [2.05, 4.69) is 44.0 Å². The molecule has 0 aliphatic carbocycles. The molecule has 1 amide bonds. The second-order valence-corrected chi connectivity index (χ2v) is 7.93. The maximum absolute atomic E-state index is 13.1. The Morgan fingerprint density at radius 2 is 1.80 bits per heavy atom. The fourth-order valence-corrected chi connectivity index (χ4v) is 4.37. The number of hydrogen-bond acceptors (Lipinski definition) is 3. The van der Waals surface area contributed by atoms with Crippen molar-refractivity contribution in [1.29, 1.82) is 0 Å². The van der Waals surface area contributed by atoms with Crippen LogP contribution in [-0.4, -0.2) is 43.6 Å². The van der Waals surface area contributed by atoms with E-state index >= 15 is 0 Å². The first kappa shape index (κ1) is 18.6. The minimum absolute atomic E-state index is 0.172. The molecule has 2 aromatic heterocycles. The molecular formula is C24H25N5O. The number of amides is 1. The first-order valence-corrected chi connectivity index (χ1v) is 10.5. The second kappa shape index (κ2) is 7.78. The van der Waals surface area contributed by atoms with Crippen LogP contribution in [0.2, 0.25) is 0 Å². The van der Waals surface area contributed by atoms with Crippen molar-refractivity contribution in [2.75, 3.05) is 13.1 Å². The topological polar surface area (TPSA) is 66.8 Å². The Morgan fingerprint density at radius 3 is 2.67 bits per heavy atom. The van der Waals surface area contributed by atoms with Crippen molar-refractivity contribution in [2.45, 2.75) is 32.7 Å². The quantitative estimate of drug-likeness (QED) is 0.573. The molecule has 3 heterocycles. The van der Waals surface area contributed by atoms with Crippen molar-refractivity contribution in [3.8, 4) is 0 Å². The standard InChI is InChI=1S/C24H25N5O/c1-17-20(19-9-5-6-10-21(19)25-17)16-24(30)28-12-11-22-26-27-23(29(22)14-13-28)15-18-7-3-2-4-8-18/h2-10,25H,11-16H2,1H3. The number of para-hydroxylation sites is 1. The fraction of sp³-hybridized carbons (Fsp3) is 0.292. The number of benzene rings is 2. The Labute approximate surface area is 175 Å². The van der Waals surface area contributed by atoms with Gasteiger partial charge in [0.2, 0.25) is 5.91 Å². The third kappa shape index (κ3) is 3.49. The van der Waals surface area contributed by atoms with Gasteiger partial charge in [-0.3, -0.25) is 4.79 Å². The predicted molar refractivity (Wildman–Crippen MR) is 116 cm³/mol. The normalized spacial score (nSPS) is 14.0. The van der Waals surface area contributed by atoms with Crippen LogP contribution in [0.3, 0.4) is 0 Å². The summed E-state index contributed by atoms with van der Waals surface area (Å²) in [6.07, 6.45) is 1.92. The van der Waals surface area contributed by atoms with Gasteiger partial charge in [-0.1, -0.05) is 48.5 Å². The number of rotatable bonds is 4. The summed E-state index contributed by atoms with van der Waals surface area (Å²) in [5, 5.41) is 9.96. The van der Waals surface area contributed by atoms with Crippen LogP contribution in [0.4, 0.5) is 0 Å². The molecule has 5 rings (SSSR count). The Morgan fingerprint density at radius 1 is 1.00 bits per heavy atom. The van der Waals surface area contributed by atoms with Crippen LogP contribution < -0.4 is 0 Å². The molecule has 0 radical (unpaired) electrons. The minimum Gasteiger partial charge on any atom is -0.358 e. The molecule has 4 aromatic rings.